The van der Waals surface area contributed by atoms with Gasteiger partial charge in [-0.15, -0.1) is 0 Å². The molecule has 14 nitrogen and oxygen atoms in total. The Bertz CT molecular complexity index is 1920. The zero-order valence-electron chi connectivity index (χ0n) is 30.9. The van der Waals surface area contributed by atoms with Crippen molar-refractivity contribution >= 4 is 43.8 Å². The molecule has 298 valence electrons. The highest BCUT2D eigenvalue weighted by Crippen LogP contribution is 2.46. The van der Waals surface area contributed by atoms with Crippen LogP contribution in [0.15, 0.2) is 57.5 Å². The number of benzene rings is 2. The smallest absolute Gasteiger partial charge is 0.306 e. The standard InChI is InChI=1S/C40H44Br2N4O10/c1-53-37-21(17-43-19-23(47)15-35(49)50)13-31(41)39(45-37)55-33-11-9-27-25(5-3-7-29(27)33)26-6-4-8-30-28(26)10-12-34(30)56-40-32(42)14-22(38(46-40)54-2)18-44-20-24(48)16-36(51)52/h3-8,13-14,23-24,33-34,43-44,47-48H,9-12,15-20H2,1-2H3,(H,49,50)(H,51,52)/t23-,24?,33+,34+/m1/s1. The molecule has 1 unspecified atom stereocenters. The van der Waals surface area contributed by atoms with Crippen LogP contribution in [0.4, 0.5) is 0 Å². The first-order chi connectivity index (χ1) is 26.9. The summed E-state index contributed by atoms with van der Waals surface area (Å²) < 4.78 is 25.5. The highest BCUT2D eigenvalue weighted by atomic mass is 79.9. The summed E-state index contributed by atoms with van der Waals surface area (Å²) in [5.74, 6) is -0.598. The van der Waals surface area contributed by atoms with Gasteiger partial charge in [0.05, 0.1) is 48.2 Å². The number of hydrogen-bond donors (Lipinski definition) is 6. The average molecular weight is 901 g/mol. The van der Waals surface area contributed by atoms with E-state index in [-0.39, 0.29) is 38.1 Å². The Kier molecular flexibility index (Phi) is 13.8. The molecule has 6 N–H and O–H groups in total. The van der Waals surface area contributed by atoms with Crippen molar-refractivity contribution in [3.05, 3.63) is 90.9 Å². The van der Waals surface area contributed by atoms with Gasteiger partial charge in [-0.25, -0.2) is 0 Å². The molecule has 4 aromatic rings. The van der Waals surface area contributed by atoms with Gasteiger partial charge in [0, 0.05) is 37.3 Å². The molecule has 4 atom stereocenters. The molecule has 2 aromatic heterocycles. The molecule has 16 heteroatoms. The van der Waals surface area contributed by atoms with E-state index in [4.69, 9.17) is 29.2 Å². The number of carbonyl (C=O) groups is 2. The molecule has 0 bridgehead atoms. The Morgan fingerprint density at radius 3 is 1.50 bits per heavy atom. The number of carboxylic acids is 2. The van der Waals surface area contributed by atoms with Crippen molar-refractivity contribution in [1.29, 1.82) is 0 Å². The number of aromatic nitrogens is 2. The van der Waals surface area contributed by atoms with Crippen LogP contribution in [0, 0.1) is 0 Å². The van der Waals surface area contributed by atoms with Gasteiger partial charge in [-0.1, -0.05) is 36.4 Å². The number of pyridine rings is 2. The molecule has 0 fully saturated rings. The molecule has 2 aliphatic carbocycles. The van der Waals surface area contributed by atoms with Crippen molar-refractivity contribution in [3.63, 3.8) is 0 Å². The summed E-state index contributed by atoms with van der Waals surface area (Å²) in [7, 11) is 3.05. The third kappa shape index (κ3) is 9.79. The molecule has 6 rings (SSSR count). The van der Waals surface area contributed by atoms with Crippen LogP contribution in [0.2, 0.25) is 0 Å². The van der Waals surface area contributed by atoms with Crippen molar-refractivity contribution in [2.75, 3.05) is 27.3 Å². The fourth-order valence-electron chi connectivity index (χ4n) is 7.31. The highest BCUT2D eigenvalue weighted by Gasteiger charge is 2.32. The van der Waals surface area contributed by atoms with Crippen molar-refractivity contribution in [1.82, 2.24) is 20.6 Å². The number of fused-ring (bicyclic) bond motifs is 2. The summed E-state index contributed by atoms with van der Waals surface area (Å²) in [5.41, 5.74) is 8.43. The maximum atomic E-state index is 10.9. The lowest BCUT2D eigenvalue weighted by atomic mass is 9.91. The highest BCUT2D eigenvalue weighted by molar-refractivity contribution is 9.10. The van der Waals surface area contributed by atoms with Crippen LogP contribution in [0.1, 0.15) is 71.3 Å². The number of halogens is 2. The molecular weight excluding hydrogens is 856 g/mol. The van der Waals surface area contributed by atoms with Crippen LogP contribution in [-0.2, 0) is 35.5 Å². The number of rotatable bonds is 19. The summed E-state index contributed by atoms with van der Waals surface area (Å²) in [6.07, 6.45) is 0.0130. The summed E-state index contributed by atoms with van der Waals surface area (Å²) in [6, 6.07) is 16.4. The van der Waals surface area contributed by atoms with E-state index in [1.54, 1.807) is 0 Å². The zero-order valence-corrected chi connectivity index (χ0v) is 34.1. The SMILES string of the molecule is COc1nc(O[C@H]2CCc3c(-c4cccc5c4CC[C@@H]5Oc4nc(OC)c(CNC[C@H](O)CC(=O)O)cc4Br)cccc32)c(Br)cc1CNCC(O)CC(=O)O. The quantitative estimate of drug-likeness (QED) is 0.0673. The minimum atomic E-state index is -1.06. The summed E-state index contributed by atoms with van der Waals surface area (Å²) in [5, 5.41) is 43.7. The van der Waals surface area contributed by atoms with Crippen LogP contribution >= 0.6 is 31.9 Å². The Morgan fingerprint density at radius 1 is 0.714 bits per heavy atom. The van der Waals surface area contributed by atoms with E-state index < -0.39 is 24.1 Å². The number of ether oxygens (including phenoxy) is 4. The number of nitrogens with one attached hydrogen (secondary N) is 2. The maximum absolute atomic E-state index is 10.9. The number of hydrogen-bond acceptors (Lipinski definition) is 12. The molecule has 0 radical (unpaired) electrons. The summed E-state index contributed by atoms with van der Waals surface area (Å²) in [4.78, 5) is 31.0. The van der Waals surface area contributed by atoms with Crippen LogP contribution in [0.3, 0.4) is 0 Å². The van der Waals surface area contributed by atoms with Crippen LogP contribution in [0.5, 0.6) is 23.5 Å². The van der Waals surface area contributed by atoms with E-state index in [1.807, 2.05) is 12.1 Å². The minimum absolute atomic E-state index is 0.107. The lowest BCUT2D eigenvalue weighted by molar-refractivity contribution is -0.140. The Hall–Kier alpha value is -4.32. The zero-order chi connectivity index (χ0) is 39.9. The number of nitrogens with zero attached hydrogens (tertiary/aromatic N) is 2. The van der Waals surface area contributed by atoms with Gasteiger partial charge < -0.3 is 50.0 Å². The summed E-state index contributed by atoms with van der Waals surface area (Å²) in [6.45, 7) is 0.836. The molecule has 2 aliphatic rings. The van der Waals surface area contributed by atoms with Crippen molar-refractivity contribution < 1.29 is 49.0 Å². The maximum Gasteiger partial charge on any atom is 0.306 e. The van der Waals surface area contributed by atoms with Gasteiger partial charge in [-0.3, -0.25) is 9.59 Å². The molecule has 0 amide bonds. The molecule has 0 saturated carbocycles. The summed E-state index contributed by atoms with van der Waals surface area (Å²) >= 11 is 7.22. The Labute approximate surface area is 340 Å². The van der Waals surface area contributed by atoms with Crippen LogP contribution in [0.25, 0.3) is 11.1 Å². The van der Waals surface area contributed by atoms with E-state index in [1.165, 1.54) is 25.3 Å². The third-order valence-electron chi connectivity index (χ3n) is 9.79. The first kappa shape index (κ1) is 41.3. The van der Waals surface area contributed by atoms with Crippen LogP contribution in [-0.4, -0.2) is 81.8 Å². The topological polar surface area (TPSA) is 202 Å². The second-order valence-corrected chi connectivity index (χ2v) is 15.4. The molecular formula is C40H44Br2N4O10. The number of aliphatic carboxylic acids is 2. The van der Waals surface area contributed by atoms with Gasteiger partial charge in [0.1, 0.15) is 12.2 Å². The average Bonchev–Trinajstić information content (AvgIpc) is 3.77. The van der Waals surface area contributed by atoms with Crippen LogP contribution < -0.4 is 29.6 Å². The van der Waals surface area contributed by atoms with Crippen molar-refractivity contribution in [3.8, 4) is 34.6 Å². The van der Waals surface area contributed by atoms with E-state index in [0.29, 0.717) is 45.6 Å². The molecule has 2 aromatic carbocycles. The van der Waals surface area contributed by atoms with Gasteiger partial charge in [0.15, 0.2) is 0 Å². The van der Waals surface area contributed by atoms with Crippen molar-refractivity contribution in [2.45, 2.75) is 76.0 Å². The Morgan fingerprint density at radius 2 is 1.12 bits per heavy atom. The van der Waals surface area contributed by atoms with E-state index in [9.17, 15) is 19.8 Å². The number of aliphatic hydroxyl groups excluding tert-OH is 2. The normalized spacial score (nSPS) is 16.8. The first-order valence-electron chi connectivity index (χ1n) is 18.2. The minimum Gasteiger partial charge on any atom is -0.481 e. The number of methoxy groups -OCH3 is 2. The second-order valence-electron chi connectivity index (χ2n) is 13.7. The fraction of sp³-hybridized carbons (Fsp3) is 0.400. The molecule has 56 heavy (non-hydrogen) atoms. The van der Waals surface area contributed by atoms with Gasteiger partial charge in [-0.05, 0) is 103 Å². The van der Waals surface area contributed by atoms with E-state index in [2.05, 4.69) is 88.9 Å². The largest absolute Gasteiger partial charge is 0.481 e. The first-order valence-corrected chi connectivity index (χ1v) is 19.8. The molecule has 0 spiro atoms. The van der Waals surface area contributed by atoms with Gasteiger partial charge in [0.25, 0.3) is 0 Å². The lowest BCUT2D eigenvalue weighted by Crippen LogP contribution is -2.28. The van der Waals surface area contributed by atoms with E-state index in [0.717, 1.165) is 59.1 Å². The molecule has 0 aliphatic heterocycles. The van der Waals surface area contributed by atoms with Gasteiger partial charge in [-0.2, -0.15) is 9.97 Å². The second kappa shape index (κ2) is 18.7. The lowest BCUT2D eigenvalue weighted by Gasteiger charge is -2.19. The van der Waals surface area contributed by atoms with Crippen molar-refractivity contribution in [2.24, 2.45) is 0 Å². The fourth-order valence-corrected chi connectivity index (χ4v) is 8.22. The predicted molar refractivity (Wildman–Crippen MR) is 212 cm³/mol. The molecule has 0 saturated heterocycles. The van der Waals surface area contributed by atoms with E-state index >= 15 is 0 Å². The predicted octanol–water partition coefficient (Wildman–Crippen LogP) is 5.67. The van der Waals surface area contributed by atoms with Gasteiger partial charge in [0.2, 0.25) is 23.5 Å². The van der Waals surface area contributed by atoms with Gasteiger partial charge >= 0.3 is 11.9 Å². The third-order valence-corrected chi connectivity index (χ3v) is 10.9. The number of aliphatic hydroxyl groups is 2. The monoisotopic (exact) mass is 898 g/mol. The molecule has 2 heterocycles. The number of carboxylic acid groups (broad SMARTS) is 2. The Balaban J connectivity index is 1.16.